The van der Waals surface area contributed by atoms with Crippen molar-refractivity contribution < 1.29 is 0 Å². The van der Waals surface area contributed by atoms with Gasteiger partial charge in [-0.3, -0.25) is 0 Å². The molecule has 2 saturated carbocycles. The first-order chi connectivity index (χ1) is 8.29. The molecule has 2 aliphatic carbocycles. The summed E-state index contributed by atoms with van der Waals surface area (Å²) in [5.41, 5.74) is 1.06. The van der Waals surface area contributed by atoms with Crippen molar-refractivity contribution in [2.45, 2.75) is 85.7 Å². The van der Waals surface area contributed by atoms with Gasteiger partial charge in [-0.1, -0.05) is 41.0 Å². The van der Waals surface area contributed by atoms with E-state index in [9.17, 15) is 0 Å². The molecule has 0 aromatic rings. The minimum atomic E-state index is 0.497. The van der Waals surface area contributed by atoms with Crippen LogP contribution in [0, 0.1) is 22.7 Å². The Morgan fingerprint density at radius 1 is 1.22 bits per heavy atom. The van der Waals surface area contributed by atoms with Crippen LogP contribution in [0.5, 0.6) is 0 Å². The summed E-state index contributed by atoms with van der Waals surface area (Å²) >= 11 is 0. The Hall–Kier alpha value is -0.0400. The van der Waals surface area contributed by atoms with Crippen LogP contribution in [0.15, 0.2) is 0 Å². The number of rotatable bonds is 5. The average Bonchev–Trinajstić information content (AvgIpc) is 2.75. The van der Waals surface area contributed by atoms with Crippen LogP contribution in [0.25, 0.3) is 0 Å². The maximum atomic E-state index is 4.01. The second-order valence-corrected chi connectivity index (χ2v) is 8.16. The molecule has 0 heterocycles. The Labute approximate surface area is 114 Å². The predicted octanol–water partition coefficient (Wildman–Crippen LogP) is 4.62. The van der Waals surface area contributed by atoms with Crippen LogP contribution in [-0.2, 0) is 0 Å². The third-order valence-electron chi connectivity index (χ3n) is 6.17. The molecule has 0 aromatic carbocycles. The monoisotopic (exact) mass is 251 g/mol. The summed E-state index contributed by atoms with van der Waals surface area (Å²) in [6.45, 7) is 14.6. The lowest BCUT2D eigenvalue weighted by Gasteiger charge is -2.45. The molecule has 0 radical (unpaired) electrons. The van der Waals surface area contributed by atoms with Gasteiger partial charge >= 0.3 is 0 Å². The van der Waals surface area contributed by atoms with Gasteiger partial charge in [0.1, 0.15) is 0 Å². The van der Waals surface area contributed by atoms with Gasteiger partial charge in [0.25, 0.3) is 0 Å². The first-order valence-electron chi connectivity index (χ1n) is 8.05. The van der Waals surface area contributed by atoms with Gasteiger partial charge in [0, 0.05) is 12.1 Å². The Balaban J connectivity index is 2.00. The molecule has 5 atom stereocenters. The molecule has 1 heteroatoms. The fourth-order valence-electron chi connectivity index (χ4n) is 4.84. The van der Waals surface area contributed by atoms with Crippen LogP contribution in [0.4, 0.5) is 0 Å². The lowest BCUT2D eigenvalue weighted by atomic mass is 9.68. The Kier molecular flexibility index (Phi) is 3.84. The van der Waals surface area contributed by atoms with E-state index in [4.69, 9.17) is 0 Å². The van der Waals surface area contributed by atoms with Crippen LogP contribution >= 0.6 is 0 Å². The molecule has 0 saturated heterocycles. The van der Waals surface area contributed by atoms with Crippen LogP contribution in [0.3, 0.4) is 0 Å². The van der Waals surface area contributed by atoms with E-state index < -0.39 is 0 Å². The summed E-state index contributed by atoms with van der Waals surface area (Å²) in [5.74, 6) is 1.80. The van der Waals surface area contributed by atoms with Gasteiger partial charge in [0.05, 0.1) is 0 Å². The molecule has 2 rings (SSSR count). The average molecular weight is 251 g/mol. The van der Waals surface area contributed by atoms with E-state index in [1.807, 2.05) is 0 Å². The van der Waals surface area contributed by atoms with E-state index in [0.29, 0.717) is 16.9 Å². The number of hydrogen-bond donors (Lipinski definition) is 1. The van der Waals surface area contributed by atoms with E-state index in [2.05, 4.69) is 46.9 Å². The molecule has 2 bridgehead atoms. The smallest absolute Gasteiger partial charge is 0.0177 e. The van der Waals surface area contributed by atoms with Gasteiger partial charge in [0.15, 0.2) is 0 Å². The zero-order valence-corrected chi connectivity index (χ0v) is 13.3. The van der Waals surface area contributed by atoms with Gasteiger partial charge in [-0.25, -0.2) is 0 Å². The fourth-order valence-corrected chi connectivity index (χ4v) is 4.84. The molecule has 0 amide bonds. The van der Waals surface area contributed by atoms with Gasteiger partial charge in [-0.2, -0.15) is 0 Å². The van der Waals surface area contributed by atoms with Gasteiger partial charge in [0.2, 0.25) is 0 Å². The Morgan fingerprint density at radius 3 is 2.39 bits per heavy atom. The van der Waals surface area contributed by atoms with Crippen molar-refractivity contribution in [3.8, 4) is 0 Å². The van der Waals surface area contributed by atoms with E-state index in [0.717, 1.165) is 17.9 Å². The van der Waals surface area contributed by atoms with Gasteiger partial charge < -0.3 is 5.32 Å². The highest BCUT2D eigenvalue weighted by molar-refractivity contribution is 5.12. The minimum Gasteiger partial charge on any atom is -0.310 e. The topological polar surface area (TPSA) is 12.0 Å². The molecular weight excluding hydrogens is 218 g/mol. The van der Waals surface area contributed by atoms with Crippen molar-refractivity contribution in [1.29, 1.82) is 0 Å². The number of nitrogens with one attached hydrogen (secondary N) is 1. The van der Waals surface area contributed by atoms with Crippen LogP contribution in [0.1, 0.15) is 73.6 Å². The summed E-state index contributed by atoms with van der Waals surface area (Å²) in [6, 6.07) is 1.39. The molecule has 0 aliphatic heterocycles. The molecule has 106 valence electrons. The van der Waals surface area contributed by atoms with Crippen molar-refractivity contribution in [2.75, 3.05) is 0 Å². The third-order valence-corrected chi connectivity index (χ3v) is 6.17. The highest BCUT2D eigenvalue weighted by Gasteiger charge is 2.59. The predicted molar refractivity (Wildman–Crippen MR) is 79.7 cm³/mol. The van der Waals surface area contributed by atoms with E-state index >= 15 is 0 Å². The van der Waals surface area contributed by atoms with E-state index in [1.54, 1.807) is 0 Å². The zero-order chi connectivity index (χ0) is 13.6. The number of fused-ring (bicyclic) bond motifs is 2. The third kappa shape index (κ3) is 2.35. The van der Waals surface area contributed by atoms with Crippen molar-refractivity contribution in [1.82, 2.24) is 5.32 Å². The van der Waals surface area contributed by atoms with E-state index in [-0.39, 0.29) is 0 Å². The fraction of sp³-hybridized carbons (Fsp3) is 1.00. The minimum absolute atomic E-state index is 0.497. The first-order valence-corrected chi connectivity index (χ1v) is 8.05. The largest absolute Gasteiger partial charge is 0.310 e. The van der Waals surface area contributed by atoms with Crippen molar-refractivity contribution >= 4 is 0 Å². The lowest BCUT2D eigenvalue weighted by Crippen LogP contribution is -2.53. The highest BCUT2D eigenvalue weighted by Crippen LogP contribution is 2.62. The van der Waals surface area contributed by atoms with Crippen LogP contribution in [0.2, 0.25) is 0 Å². The molecule has 0 aromatic heterocycles. The Morgan fingerprint density at radius 2 is 1.89 bits per heavy atom. The molecule has 5 unspecified atom stereocenters. The molecule has 0 spiro atoms. The normalized spacial score (nSPS) is 41.0. The molecule has 2 fully saturated rings. The SMILES string of the molecule is CCC(C)CC(C)NC1C2(C)CCC(C2)C1(C)C. The molecule has 1 N–H and O–H groups in total. The van der Waals surface area contributed by atoms with E-state index in [1.165, 1.54) is 32.1 Å². The second kappa shape index (κ2) is 4.81. The standard InChI is InChI=1S/C17H33N/c1-7-12(2)10-13(3)18-15-16(4,5)14-8-9-17(15,6)11-14/h12-15,18H,7-11H2,1-6H3. The molecule has 18 heavy (non-hydrogen) atoms. The summed E-state index contributed by atoms with van der Waals surface area (Å²) in [4.78, 5) is 0. The van der Waals surface area contributed by atoms with Crippen LogP contribution in [-0.4, -0.2) is 12.1 Å². The lowest BCUT2D eigenvalue weighted by molar-refractivity contribution is 0.0970. The summed E-state index contributed by atoms with van der Waals surface area (Å²) < 4.78 is 0. The number of hydrogen-bond acceptors (Lipinski definition) is 1. The summed E-state index contributed by atoms with van der Waals surface area (Å²) in [6.07, 6.45) is 6.98. The van der Waals surface area contributed by atoms with Crippen molar-refractivity contribution in [2.24, 2.45) is 22.7 Å². The Bertz CT molecular complexity index is 291. The second-order valence-electron chi connectivity index (χ2n) is 8.16. The summed E-state index contributed by atoms with van der Waals surface area (Å²) in [5, 5.41) is 4.01. The molecular formula is C17H33N. The van der Waals surface area contributed by atoms with Crippen LogP contribution < -0.4 is 5.32 Å². The van der Waals surface area contributed by atoms with Gasteiger partial charge in [-0.15, -0.1) is 0 Å². The molecule has 1 nitrogen and oxygen atoms in total. The zero-order valence-electron chi connectivity index (χ0n) is 13.3. The first kappa shape index (κ1) is 14.4. The molecule has 2 aliphatic rings. The summed E-state index contributed by atoms with van der Waals surface area (Å²) in [7, 11) is 0. The maximum Gasteiger partial charge on any atom is 0.0177 e. The maximum absolute atomic E-state index is 4.01. The van der Waals surface area contributed by atoms with Gasteiger partial charge in [-0.05, 0) is 55.3 Å². The highest BCUT2D eigenvalue weighted by atomic mass is 15.0. The van der Waals surface area contributed by atoms with Crippen molar-refractivity contribution in [3.63, 3.8) is 0 Å². The van der Waals surface area contributed by atoms with Crippen molar-refractivity contribution in [3.05, 3.63) is 0 Å². The quantitative estimate of drug-likeness (QED) is 0.752.